The molecule has 2 N–H and O–H groups in total. The molecule has 1 rings (SSSR count). The molecule has 4 nitrogen and oxygen atoms in total. The van der Waals surface area contributed by atoms with Crippen LogP contribution >= 0.6 is 0 Å². The lowest BCUT2D eigenvalue weighted by Gasteiger charge is -2.15. The molecule has 1 heterocycles. The third-order valence-corrected chi connectivity index (χ3v) is 2.44. The molecule has 1 aromatic rings. The summed E-state index contributed by atoms with van der Waals surface area (Å²) in [6, 6.07) is 0.0234. The molecule has 0 aliphatic carbocycles. The van der Waals surface area contributed by atoms with Gasteiger partial charge in [0.05, 0.1) is 12.2 Å². The molecule has 1 aromatic heterocycles. The number of carbonyl (C=O) groups excluding carboxylic acids is 1. The highest BCUT2D eigenvalue weighted by Gasteiger charge is 2.14. The van der Waals surface area contributed by atoms with E-state index in [1.807, 2.05) is 20.8 Å². The highest BCUT2D eigenvalue weighted by atomic mass is 16.1. The Labute approximate surface area is 84.1 Å². The van der Waals surface area contributed by atoms with Crippen molar-refractivity contribution in [3.63, 3.8) is 0 Å². The SMILES string of the molecule is CCC(C)C(=O)NC(C)c1cn[nH]c1. The Hall–Kier alpha value is -1.32. The van der Waals surface area contributed by atoms with Gasteiger partial charge in [-0.15, -0.1) is 0 Å². The lowest BCUT2D eigenvalue weighted by atomic mass is 10.1. The summed E-state index contributed by atoms with van der Waals surface area (Å²) in [5, 5.41) is 9.50. The number of H-pyrrole nitrogens is 1. The molecule has 14 heavy (non-hydrogen) atoms. The minimum Gasteiger partial charge on any atom is -0.349 e. The van der Waals surface area contributed by atoms with Gasteiger partial charge >= 0.3 is 0 Å². The zero-order chi connectivity index (χ0) is 10.6. The van der Waals surface area contributed by atoms with Gasteiger partial charge in [-0.2, -0.15) is 5.10 Å². The first kappa shape index (κ1) is 10.8. The van der Waals surface area contributed by atoms with Crippen LogP contribution in [0.3, 0.4) is 0 Å². The average Bonchev–Trinajstić information content (AvgIpc) is 2.69. The van der Waals surface area contributed by atoms with Gasteiger partial charge in [-0.3, -0.25) is 9.89 Å². The third-order valence-electron chi connectivity index (χ3n) is 2.44. The second-order valence-electron chi connectivity index (χ2n) is 3.57. The molecule has 1 amide bonds. The van der Waals surface area contributed by atoms with Gasteiger partial charge < -0.3 is 5.32 Å². The minimum absolute atomic E-state index is 0.0234. The van der Waals surface area contributed by atoms with E-state index in [1.165, 1.54) is 0 Å². The number of nitrogens with zero attached hydrogens (tertiary/aromatic N) is 1. The lowest BCUT2D eigenvalue weighted by molar-refractivity contribution is -0.125. The topological polar surface area (TPSA) is 57.8 Å². The fourth-order valence-electron chi connectivity index (χ4n) is 1.12. The van der Waals surface area contributed by atoms with Crippen molar-refractivity contribution in [3.05, 3.63) is 18.0 Å². The van der Waals surface area contributed by atoms with E-state index < -0.39 is 0 Å². The van der Waals surface area contributed by atoms with Crippen LogP contribution in [0.15, 0.2) is 12.4 Å². The van der Waals surface area contributed by atoms with E-state index in [-0.39, 0.29) is 17.9 Å². The van der Waals surface area contributed by atoms with E-state index in [4.69, 9.17) is 0 Å². The monoisotopic (exact) mass is 195 g/mol. The van der Waals surface area contributed by atoms with Gasteiger partial charge in [0.2, 0.25) is 5.91 Å². The maximum atomic E-state index is 11.5. The molecular weight excluding hydrogens is 178 g/mol. The molecule has 0 saturated carbocycles. The molecule has 4 heteroatoms. The van der Waals surface area contributed by atoms with Crippen LogP contribution in [-0.4, -0.2) is 16.1 Å². The molecule has 0 radical (unpaired) electrons. The molecule has 0 aliphatic heterocycles. The first-order chi connectivity index (χ1) is 6.65. The molecule has 78 valence electrons. The highest BCUT2D eigenvalue weighted by molar-refractivity contribution is 5.78. The number of hydrogen-bond acceptors (Lipinski definition) is 2. The lowest BCUT2D eigenvalue weighted by Crippen LogP contribution is -2.31. The van der Waals surface area contributed by atoms with Crippen LogP contribution in [0.1, 0.15) is 38.8 Å². The van der Waals surface area contributed by atoms with Crippen molar-refractivity contribution in [1.29, 1.82) is 0 Å². The highest BCUT2D eigenvalue weighted by Crippen LogP contribution is 2.11. The van der Waals surface area contributed by atoms with E-state index in [9.17, 15) is 4.79 Å². The summed E-state index contributed by atoms with van der Waals surface area (Å²) in [4.78, 5) is 11.5. The second-order valence-corrected chi connectivity index (χ2v) is 3.57. The van der Waals surface area contributed by atoms with Crippen molar-refractivity contribution in [2.45, 2.75) is 33.2 Å². The number of aromatic amines is 1. The van der Waals surface area contributed by atoms with Crippen LogP contribution < -0.4 is 5.32 Å². The number of aromatic nitrogens is 2. The fraction of sp³-hybridized carbons (Fsp3) is 0.600. The quantitative estimate of drug-likeness (QED) is 0.767. The number of amides is 1. The standard InChI is InChI=1S/C10H17N3O/c1-4-7(2)10(14)13-8(3)9-5-11-12-6-9/h5-8H,4H2,1-3H3,(H,11,12)(H,13,14). The van der Waals surface area contributed by atoms with E-state index >= 15 is 0 Å². The van der Waals surface area contributed by atoms with Crippen LogP contribution in [-0.2, 0) is 4.79 Å². The molecule has 0 bridgehead atoms. The van der Waals surface area contributed by atoms with E-state index in [0.29, 0.717) is 0 Å². The first-order valence-corrected chi connectivity index (χ1v) is 4.94. The molecule has 0 fully saturated rings. The number of rotatable bonds is 4. The fourth-order valence-corrected chi connectivity index (χ4v) is 1.12. The van der Waals surface area contributed by atoms with Crippen LogP contribution in [0.5, 0.6) is 0 Å². The van der Waals surface area contributed by atoms with Crippen LogP contribution in [0.4, 0.5) is 0 Å². The summed E-state index contributed by atoms with van der Waals surface area (Å²) in [6.45, 7) is 5.88. The van der Waals surface area contributed by atoms with Gasteiger partial charge in [0.1, 0.15) is 0 Å². The molecule has 2 atom stereocenters. The largest absolute Gasteiger partial charge is 0.349 e. The summed E-state index contributed by atoms with van der Waals surface area (Å²) < 4.78 is 0. The maximum absolute atomic E-state index is 11.5. The van der Waals surface area contributed by atoms with Crippen molar-refractivity contribution in [3.8, 4) is 0 Å². The van der Waals surface area contributed by atoms with Crippen molar-refractivity contribution in [1.82, 2.24) is 15.5 Å². The second kappa shape index (κ2) is 4.79. The van der Waals surface area contributed by atoms with Crippen LogP contribution in [0.25, 0.3) is 0 Å². The van der Waals surface area contributed by atoms with E-state index in [1.54, 1.807) is 12.4 Å². The van der Waals surface area contributed by atoms with Crippen molar-refractivity contribution in [2.24, 2.45) is 5.92 Å². The minimum atomic E-state index is 0.0234. The first-order valence-electron chi connectivity index (χ1n) is 4.94. The molecule has 0 aromatic carbocycles. The predicted octanol–water partition coefficient (Wildman–Crippen LogP) is 1.63. The van der Waals surface area contributed by atoms with Gasteiger partial charge in [-0.1, -0.05) is 13.8 Å². The molecule has 2 unspecified atom stereocenters. The Morgan fingerprint density at radius 2 is 2.36 bits per heavy atom. The molecule has 0 spiro atoms. The predicted molar refractivity (Wildman–Crippen MR) is 54.6 cm³/mol. The molecular formula is C10H17N3O. The molecule has 0 aliphatic rings. The third kappa shape index (κ3) is 2.58. The van der Waals surface area contributed by atoms with Crippen LogP contribution in [0.2, 0.25) is 0 Å². The van der Waals surface area contributed by atoms with E-state index in [2.05, 4.69) is 15.5 Å². The summed E-state index contributed by atoms with van der Waals surface area (Å²) in [5.74, 6) is 0.172. The normalized spacial score (nSPS) is 14.8. The van der Waals surface area contributed by atoms with Gasteiger partial charge in [-0.25, -0.2) is 0 Å². The maximum Gasteiger partial charge on any atom is 0.223 e. The zero-order valence-electron chi connectivity index (χ0n) is 8.87. The Morgan fingerprint density at radius 1 is 1.64 bits per heavy atom. The Morgan fingerprint density at radius 3 is 2.86 bits per heavy atom. The van der Waals surface area contributed by atoms with Crippen molar-refractivity contribution in [2.75, 3.05) is 0 Å². The summed E-state index contributed by atoms with van der Waals surface area (Å²) in [5.41, 5.74) is 1.00. The molecule has 0 saturated heterocycles. The zero-order valence-corrected chi connectivity index (χ0v) is 8.87. The van der Waals surface area contributed by atoms with E-state index in [0.717, 1.165) is 12.0 Å². The number of hydrogen-bond donors (Lipinski definition) is 2. The van der Waals surface area contributed by atoms with Gasteiger partial charge in [0.25, 0.3) is 0 Å². The Kier molecular flexibility index (Phi) is 3.68. The smallest absolute Gasteiger partial charge is 0.223 e. The number of nitrogens with one attached hydrogen (secondary N) is 2. The summed E-state index contributed by atoms with van der Waals surface area (Å²) in [6.07, 6.45) is 4.38. The number of carbonyl (C=O) groups is 1. The summed E-state index contributed by atoms with van der Waals surface area (Å²) in [7, 11) is 0. The Balaban J connectivity index is 2.49. The summed E-state index contributed by atoms with van der Waals surface area (Å²) >= 11 is 0. The average molecular weight is 195 g/mol. The van der Waals surface area contributed by atoms with Gasteiger partial charge in [0, 0.05) is 17.7 Å². The van der Waals surface area contributed by atoms with Crippen molar-refractivity contribution < 1.29 is 4.79 Å². The van der Waals surface area contributed by atoms with Gasteiger partial charge in [0.15, 0.2) is 0 Å². The Bertz CT molecular complexity index is 282. The van der Waals surface area contributed by atoms with Gasteiger partial charge in [-0.05, 0) is 13.3 Å². The van der Waals surface area contributed by atoms with Crippen LogP contribution in [0, 0.1) is 5.92 Å². The van der Waals surface area contributed by atoms with Crippen molar-refractivity contribution >= 4 is 5.91 Å².